The molecule has 1 aromatic heterocycles. The van der Waals surface area contributed by atoms with Gasteiger partial charge in [0.15, 0.2) is 5.69 Å². The minimum atomic E-state index is -1.11. The van der Waals surface area contributed by atoms with E-state index in [9.17, 15) is 14.7 Å². The molecule has 21 heavy (non-hydrogen) atoms. The third-order valence-corrected chi connectivity index (χ3v) is 2.71. The zero-order chi connectivity index (χ0) is 15.4. The fourth-order valence-electron chi connectivity index (χ4n) is 1.91. The molecular formula is C13H13N3O5. The molecule has 0 spiro atoms. The number of amides is 1. The van der Waals surface area contributed by atoms with Gasteiger partial charge in [-0.05, 0) is 13.0 Å². The molecule has 0 aliphatic rings. The predicted octanol–water partition coefficient (Wildman–Crippen LogP) is 2.67. The average Bonchev–Trinajstić information content (AvgIpc) is 2.70. The third kappa shape index (κ3) is 2.99. The van der Waals surface area contributed by atoms with E-state index in [0.717, 1.165) is 0 Å². The first-order valence-corrected chi connectivity index (χ1v) is 6.15. The van der Waals surface area contributed by atoms with Crippen molar-refractivity contribution in [2.75, 3.05) is 6.61 Å². The van der Waals surface area contributed by atoms with Gasteiger partial charge < -0.3 is 14.9 Å². The van der Waals surface area contributed by atoms with Crippen LogP contribution in [0.15, 0.2) is 34.5 Å². The Morgan fingerprint density at radius 2 is 2.05 bits per heavy atom. The van der Waals surface area contributed by atoms with Gasteiger partial charge in [0.25, 0.3) is 0 Å². The molecule has 0 saturated heterocycles. The van der Waals surface area contributed by atoms with E-state index in [2.05, 4.69) is 15.0 Å². The number of hydrogen-bond donors (Lipinski definition) is 2. The molecule has 110 valence electrons. The van der Waals surface area contributed by atoms with E-state index in [1.54, 1.807) is 31.2 Å². The summed E-state index contributed by atoms with van der Waals surface area (Å²) in [5.41, 5.74) is 0.509. The monoisotopic (exact) mass is 291 g/mol. The molecule has 0 unspecified atom stereocenters. The Morgan fingerprint density at radius 3 is 2.71 bits per heavy atom. The summed E-state index contributed by atoms with van der Waals surface area (Å²) in [6, 6.07) is 6.69. The van der Waals surface area contributed by atoms with E-state index in [0.29, 0.717) is 10.9 Å². The zero-order valence-electron chi connectivity index (χ0n) is 11.2. The zero-order valence-corrected chi connectivity index (χ0v) is 11.2. The highest BCUT2D eigenvalue weighted by Crippen LogP contribution is 2.38. The number of benzene rings is 1. The van der Waals surface area contributed by atoms with E-state index in [1.165, 1.54) is 4.57 Å². The van der Waals surface area contributed by atoms with Crippen LogP contribution in [-0.2, 0) is 16.1 Å². The molecule has 8 nitrogen and oxygen atoms in total. The number of carbonyl (C=O) groups is 2. The van der Waals surface area contributed by atoms with Crippen molar-refractivity contribution < 1.29 is 24.5 Å². The summed E-state index contributed by atoms with van der Waals surface area (Å²) in [5.74, 6) is -1.48. The molecule has 0 bridgehead atoms. The van der Waals surface area contributed by atoms with Crippen molar-refractivity contribution in [3.63, 3.8) is 0 Å². The number of ether oxygens (including phenoxy) is 1. The lowest BCUT2D eigenvalue weighted by molar-refractivity contribution is -0.137. The SMILES string of the molecule is CCOC(=O)N=Nc1c(O)n(CC(=O)O)c2ccccc12. The van der Waals surface area contributed by atoms with Gasteiger partial charge in [0.1, 0.15) is 6.54 Å². The highest BCUT2D eigenvalue weighted by molar-refractivity contribution is 5.95. The first kappa shape index (κ1) is 14.5. The average molecular weight is 291 g/mol. The number of para-hydroxylation sites is 1. The second-order valence-electron chi connectivity index (χ2n) is 4.07. The molecular weight excluding hydrogens is 278 g/mol. The number of azo groups is 1. The molecule has 0 aliphatic heterocycles. The summed E-state index contributed by atoms with van der Waals surface area (Å²) in [4.78, 5) is 22.0. The molecule has 0 atom stereocenters. The van der Waals surface area contributed by atoms with Crippen LogP contribution >= 0.6 is 0 Å². The Bertz CT molecular complexity index is 720. The predicted molar refractivity (Wildman–Crippen MR) is 72.8 cm³/mol. The number of fused-ring (bicyclic) bond motifs is 1. The van der Waals surface area contributed by atoms with E-state index in [1.807, 2.05) is 0 Å². The van der Waals surface area contributed by atoms with Crippen LogP contribution in [0.5, 0.6) is 5.88 Å². The Hall–Kier alpha value is -2.90. The lowest BCUT2D eigenvalue weighted by Crippen LogP contribution is -2.07. The Labute approximate surface area is 119 Å². The molecule has 2 aromatic rings. The minimum absolute atomic E-state index is 0.0277. The van der Waals surface area contributed by atoms with Crippen LogP contribution in [0.3, 0.4) is 0 Å². The van der Waals surface area contributed by atoms with Crippen molar-refractivity contribution in [1.29, 1.82) is 0 Å². The highest BCUT2D eigenvalue weighted by atomic mass is 16.5. The number of aliphatic carboxylic acids is 1. The van der Waals surface area contributed by atoms with Crippen molar-refractivity contribution in [2.45, 2.75) is 13.5 Å². The minimum Gasteiger partial charge on any atom is -0.493 e. The molecule has 1 aromatic carbocycles. The summed E-state index contributed by atoms with van der Waals surface area (Å²) in [6.45, 7) is 1.36. The van der Waals surface area contributed by atoms with Crippen LogP contribution in [0.25, 0.3) is 10.9 Å². The number of nitrogens with zero attached hydrogens (tertiary/aromatic N) is 3. The van der Waals surface area contributed by atoms with Gasteiger partial charge in [0.05, 0.1) is 12.1 Å². The number of hydrogen-bond acceptors (Lipinski definition) is 5. The first-order valence-electron chi connectivity index (χ1n) is 6.15. The van der Waals surface area contributed by atoms with Gasteiger partial charge in [-0.25, -0.2) is 4.79 Å². The number of aromatic nitrogens is 1. The van der Waals surface area contributed by atoms with Gasteiger partial charge >= 0.3 is 12.1 Å². The van der Waals surface area contributed by atoms with E-state index >= 15 is 0 Å². The summed E-state index contributed by atoms with van der Waals surface area (Å²) in [7, 11) is 0. The highest BCUT2D eigenvalue weighted by Gasteiger charge is 2.18. The van der Waals surface area contributed by atoms with Crippen LogP contribution in [-0.4, -0.2) is 33.4 Å². The number of aromatic hydroxyl groups is 1. The standard InChI is InChI=1S/C13H13N3O5/c1-2-21-13(20)15-14-11-8-5-3-4-6-9(8)16(12(11)19)7-10(17)18/h3-6,19H,2,7H2,1H3,(H,17,18). The van der Waals surface area contributed by atoms with Crippen LogP contribution in [0.2, 0.25) is 0 Å². The van der Waals surface area contributed by atoms with Crippen LogP contribution in [0.4, 0.5) is 10.5 Å². The summed E-state index contributed by atoms with van der Waals surface area (Å²) < 4.78 is 5.78. The maximum absolute atomic E-state index is 11.2. The topological polar surface area (TPSA) is 113 Å². The first-order chi connectivity index (χ1) is 10.0. The fraction of sp³-hybridized carbons (Fsp3) is 0.231. The van der Waals surface area contributed by atoms with Gasteiger partial charge in [-0.1, -0.05) is 23.3 Å². The molecule has 1 heterocycles. The molecule has 2 rings (SSSR count). The summed E-state index contributed by atoms with van der Waals surface area (Å²) in [5, 5.41) is 26.5. The van der Waals surface area contributed by atoms with Gasteiger partial charge in [-0.2, -0.15) is 0 Å². The molecule has 1 amide bonds. The van der Waals surface area contributed by atoms with Gasteiger partial charge in [0, 0.05) is 5.39 Å². The normalized spacial score (nSPS) is 11.1. The van der Waals surface area contributed by atoms with Gasteiger partial charge in [-0.15, -0.1) is 5.11 Å². The van der Waals surface area contributed by atoms with Crippen LogP contribution < -0.4 is 0 Å². The van der Waals surface area contributed by atoms with Crippen LogP contribution in [0, 0.1) is 0 Å². The Kier molecular flexibility index (Phi) is 4.17. The Balaban J connectivity index is 2.50. The van der Waals surface area contributed by atoms with Crippen molar-refractivity contribution in [3.8, 4) is 5.88 Å². The van der Waals surface area contributed by atoms with E-state index in [-0.39, 0.29) is 18.2 Å². The van der Waals surface area contributed by atoms with Crippen molar-refractivity contribution in [2.24, 2.45) is 10.2 Å². The largest absolute Gasteiger partial charge is 0.493 e. The van der Waals surface area contributed by atoms with E-state index < -0.39 is 18.6 Å². The lowest BCUT2D eigenvalue weighted by Gasteiger charge is -2.02. The van der Waals surface area contributed by atoms with E-state index in [4.69, 9.17) is 5.11 Å². The van der Waals surface area contributed by atoms with Crippen LogP contribution in [0.1, 0.15) is 6.92 Å². The van der Waals surface area contributed by atoms with Crippen molar-refractivity contribution >= 4 is 28.7 Å². The molecule has 8 heteroatoms. The smallest absolute Gasteiger partial charge is 0.452 e. The van der Waals surface area contributed by atoms with Gasteiger partial charge in [0.2, 0.25) is 5.88 Å². The fourth-order valence-corrected chi connectivity index (χ4v) is 1.91. The Morgan fingerprint density at radius 1 is 1.33 bits per heavy atom. The summed E-state index contributed by atoms with van der Waals surface area (Å²) in [6.07, 6.45) is -0.882. The summed E-state index contributed by atoms with van der Waals surface area (Å²) >= 11 is 0. The number of carboxylic acid groups (broad SMARTS) is 1. The molecule has 0 saturated carbocycles. The molecule has 0 radical (unpaired) electrons. The second kappa shape index (κ2) is 6.04. The molecule has 2 N–H and O–H groups in total. The van der Waals surface area contributed by atoms with Gasteiger partial charge in [-0.3, -0.25) is 9.36 Å². The van der Waals surface area contributed by atoms with Crippen molar-refractivity contribution in [3.05, 3.63) is 24.3 Å². The maximum Gasteiger partial charge on any atom is 0.452 e. The lowest BCUT2D eigenvalue weighted by atomic mass is 10.2. The van der Waals surface area contributed by atoms with Crippen molar-refractivity contribution in [1.82, 2.24) is 4.57 Å². The second-order valence-corrected chi connectivity index (χ2v) is 4.07. The quantitative estimate of drug-likeness (QED) is 0.840. The molecule has 0 aliphatic carbocycles. The number of carbonyl (C=O) groups excluding carboxylic acids is 1. The third-order valence-electron chi connectivity index (χ3n) is 2.71. The number of carboxylic acids is 1. The maximum atomic E-state index is 11.2. The number of rotatable bonds is 4. The molecule has 0 fully saturated rings.